The van der Waals surface area contributed by atoms with Gasteiger partial charge in [-0.15, -0.1) is 0 Å². The van der Waals surface area contributed by atoms with Crippen LogP contribution in [0.4, 0.5) is 0 Å². The van der Waals surface area contributed by atoms with Gasteiger partial charge >= 0.3 is 23.9 Å². The zero-order valence-electron chi connectivity index (χ0n) is 18.9. The highest BCUT2D eigenvalue weighted by molar-refractivity contribution is 5.95. The Hall–Kier alpha value is -3.68. The first kappa shape index (κ1) is 26.4. The van der Waals surface area contributed by atoms with Gasteiger partial charge in [0, 0.05) is 0 Å². The predicted molar refractivity (Wildman–Crippen MR) is 118 cm³/mol. The monoisotopic (exact) mass is 444 g/mol. The number of hydrogen-bond donors (Lipinski definition) is 4. The van der Waals surface area contributed by atoms with E-state index in [1.807, 2.05) is 41.5 Å². The van der Waals surface area contributed by atoms with E-state index in [4.69, 9.17) is 20.4 Å². The molecule has 2 aromatic carbocycles. The van der Waals surface area contributed by atoms with E-state index in [-0.39, 0.29) is 33.1 Å². The Kier molecular flexibility index (Phi) is 7.94. The summed E-state index contributed by atoms with van der Waals surface area (Å²) in [4.78, 5) is 43.4. The highest BCUT2D eigenvalue weighted by Crippen LogP contribution is 2.25. The first-order valence-electron chi connectivity index (χ1n) is 9.68. The van der Waals surface area contributed by atoms with Gasteiger partial charge in [-0.2, -0.15) is 0 Å². The van der Waals surface area contributed by atoms with Crippen LogP contribution < -0.4 is 0 Å². The van der Waals surface area contributed by atoms with Crippen molar-refractivity contribution >= 4 is 23.9 Å². The van der Waals surface area contributed by atoms with E-state index in [2.05, 4.69) is 0 Å². The number of rotatable bonds is 4. The zero-order chi connectivity index (χ0) is 25.0. The zero-order valence-corrected chi connectivity index (χ0v) is 18.9. The highest BCUT2D eigenvalue weighted by atomic mass is 16.4. The SMILES string of the molecule is CC(C)(C)c1cc(C(=O)O)cc(C(=O)O)c1.CC(C)(C)c1cc(C(=O)O)cc(C(=O)O)c1. The molecular weight excluding hydrogens is 416 g/mol. The fourth-order valence-corrected chi connectivity index (χ4v) is 2.62. The summed E-state index contributed by atoms with van der Waals surface area (Å²) in [7, 11) is 0. The number of aromatic carboxylic acids is 4. The van der Waals surface area contributed by atoms with E-state index in [0.717, 1.165) is 0 Å². The van der Waals surface area contributed by atoms with Gasteiger partial charge in [-0.25, -0.2) is 19.2 Å². The van der Waals surface area contributed by atoms with Crippen LogP contribution in [0.2, 0.25) is 0 Å². The van der Waals surface area contributed by atoms with Crippen molar-refractivity contribution in [2.24, 2.45) is 0 Å². The fraction of sp³-hybridized carbons (Fsp3) is 0.333. The number of carboxylic acids is 4. The van der Waals surface area contributed by atoms with Crippen molar-refractivity contribution < 1.29 is 39.6 Å². The smallest absolute Gasteiger partial charge is 0.335 e. The Labute approximate surface area is 186 Å². The van der Waals surface area contributed by atoms with Crippen LogP contribution in [0.25, 0.3) is 0 Å². The number of benzene rings is 2. The molecule has 0 aliphatic rings. The molecule has 0 atom stereocenters. The molecule has 0 spiro atoms. The van der Waals surface area contributed by atoms with Gasteiger partial charge in [-0.1, -0.05) is 41.5 Å². The van der Waals surface area contributed by atoms with Gasteiger partial charge in [-0.3, -0.25) is 0 Å². The predicted octanol–water partition coefficient (Wildman–Crippen LogP) is 4.76. The summed E-state index contributed by atoms with van der Waals surface area (Å²) in [6.07, 6.45) is 0. The standard InChI is InChI=1S/2C12H14O4/c2*1-12(2,3)9-5-7(10(13)14)4-8(6-9)11(15)16/h2*4-6H,1-3H3,(H,13,14)(H,15,16). The fourth-order valence-electron chi connectivity index (χ4n) is 2.62. The van der Waals surface area contributed by atoms with Crippen LogP contribution in [0.3, 0.4) is 0 Å². The van der Waals surface area contributed by atoms with Crippen LogP contribution in [-0.4, -0.2) is 44.3 Å². The van der Waals surface area contributed by atoms with Gasteiger partial charge in [-0.05, 0) is 58.4 Å². The molecule has 0 amide bonds. The minimum atomic E-state index is -1.12. The molecule has 2 rings (SSSR count). The molecule has 0 aliphatic heterocycles. The Morgan fingerprint density at radius 2 is 0.656 bits per heavy atom. The van der Waals surface area contributed by atoms with Crippen LogP contribution in [0.5, 0.6) is 0 Å². The van der Waals surface area contributed by atoms with E-state index in [0.29, 0.717) is 11.1 Å². The third kappa shape index (κ3) is 7.23. The van der Waals surface area contributed by atoms with Crippen LogP contribution in [-0.2, 0) is 10.8 Å². The van der Waals surface area contributed by atoms with Crippen molar-refractivity contribution in [3.05, 3.63) is 69.8 Å². The number of hydrogen-bond acceptors (Lipinski definition) is 4. The van der Waals surface area contributed by atoms with Crippen molar-refractivity contribution in [2.75, 3.05) is 0 Å². The van der Waals surface area contributed by atoms with Crippen molar-refractivity contribution in [2.45, 2.75) is 52.4 Å². The molecule has 172 valence electrons. The molecule has 0 fully saturated rings. The summed E-state index contributed by atoms with van der Waals surface area (Å²) in [5.74, 6) is -4.47. The van der Waals surface area contributed by atoms with Crippen LogP contribution in [0.15, 0.2) is 36.4 Å². The topological polar surface area (TPSA) is 149 Å². The van der Waals surface area contributed by atoms with Crippen LogP contribution in [0.1, 0.15) is 94.1 Å². The maximum atomic E-state index is 10.9. The van der Waals surface area contributed by atoms with Gasteiger partial charge in [0.25, 0.3) is 0 Å². The van der Waals surface area contributed by atoms with Crippen molar-refractivity contribution in [1.29, 1.82) is 0 Å². The normalized spacial score (nSPS) is 11.2. The summed E-state index contributed by atoms with van der Waals surface area (Å²) >= 11 is 0. The summed E-state index contributed by atoms with van der Waals surface area (Å²) in [5, 5.41) is 35.6. The second-order valence-corrected chi connectivity index (χ2v) is 9.32. The lowest BCUT2D eigenvalue weighted by Crippen LogP contribution is -2.14. The quantitative estimate of drug-likeness (QED) is 0.527. The van der Waals surface area contributed by atoms with Crippen molar-refractivity contribution in [1.82, 2.24) is 0 Å². The molecule has 0 aliphatic carbocycles. The third-order valence-electron chi connectivity index (χ3n) is 4.59. The summed E-state index contributed by atoms with van der Waals surface area (Å²) < 4.78 is 0. The Bertz CT molecular complexity index is 903. The van der Waals surface area contributed by atoms with Crippen LogP contribution in [0, 0.1) is 0 Å². The largest absolute Gasteiger partial charge is 0.478 e. The minimum Gasteiger partial charge on any atom is -0.478 e. The number of carbonyl (C=O) groups is 4. The van der Waals surface area contributed by atoms with Gasteiger partial charge in [0.1, 0.15) is 0 Å². The molecular formula is C24H28O8. The van der Waals surface area contributed by atoms with Gasteiger partial charge in [0.15, 0.2) is 0 Å². The summed E-state index contributed by atoms with van der Waals surface area (Å²) in [5.41, 5.74) is 0.851. The Morgan fingerprint density at radius 3 is 0.781 bits per heavy atom. The average Bonchev–Trinajstić information content (AvgIpc) is 2.66. The molecule has 0 aromatic heterocycles. The molecule has 2 aromatic rings. The third-order valence-corrected chi connectivity index (χ3v) is 4.59. The molecule has 0 saturated heterocycles. The van der Waals surface area contributed by atoms with E-state index >= 15 is 0 Å². The molecule has 0 bridgehead atoms. The van der Waals surface area contributed by atoms with E-state index in [1.165, 1.54) is 36.4 Å². The molecule has 0 heterocycles. The average molecular weight is 444 g/mol. The van der Waals surface area contributed by atoms with Gasteiger partial charge in [0.05, 0.1) is 22.3 Å². The second kappa shape index (κ2) is 9.64. The van der Waals surface area contributed by atoms with E-state index < -0.39 is 23.9 Å². The Balaban J connectivity index is 0.000000320. The summed E-state index contributed by atoms with van der Waals surface area (Å²) in [6.45, 7) is 11.4. The lowest BCUT2D eigenvalue weighted by Gasteiger charge is -2.20. The lowest BCUT2D eigenvalue weighted by atomic mass is 9.85. The molecule has 32 heavy (non-hydrogen) atoms. The first-order chi connectivity index (χ1) is 14.4. The molecule has 8 nitrogen and oxygen atoms in total. The highest BCUT2D eigenvalue weighted by Gasteiger charge is 2.20. The minimum absolute atomic E-state index is 0.00447. The number of carboxylic acid groups (broad SMARTS) is 4. The van der Waals surface area contributed by atoms with Crippen molar-refractivity contribution in [3.63, 3.8) is 0 Å². The van der Waals surface area contributed by atoms with Gasteiger partial charge in [0.2, 0.25) is 0 Å². The van der Waals surface area contributed by atoms with Crippen LogP contribution >= 0.6 is 0 Å². The van der Waals surface area contributed by atoms with Crippen molar-refractivity contribution in [3.8, 4) is 0 Å². The van der Waals surface area contributed by atoms with Gasteiger partial charge < -0.3 is 20.4 Å². The molecule has 0 unspecified atom stereocenters. The van der Waals surface area contributed by atoms with E-state index in [9.17, 15) is 19.2 Å². The molecule has 4 N–H and O–H groups in total. The maximum Gasteiger partial charge on any atom is 0.335 e. The lowest BCUT2D eigenvalue weighted by molar-refractivity contribution is 0.0676. The maximum absolute atomic E-state index is 10.9. The second-order valence-electron chi connectivity index (χ2n) is 9.32. The Morgan fingerprint density at radius 1 is 0.469 bits per heavy atom. The molecule has 0 radical (unpaired) electrons. The summed E-state index contributed by atoms with van der Waals surface area (Å²) in [6, 6.07) is 8.37. The molecule has 0 saturated carbocycles. The molecule has 8 heteroatoms. The van der Waals surface area contributed by atoms with E-state index in [1.54, 1.807) is 0 Å². The first-order valence-corrected chi connectivity index (χ1v) is 9.68.